The maximum atomic E-state index is 14.4. The van der Waals surface area contributed by atoms with Gasteiger partial charge in [0.2, 0.25) is 11.8 Å². The number of nitrogens with zero attached hydrogens (tertiary/aromatic N) is 2. The number of carbonyl (C=O) groups excluding carboxylic acids is 2. The fourth-order valence-electron chi connectivity index (χ4n) is 3.62. The topological polar surface area (TPSA) is 71.5 Å². The largest absolute Gasteiger partial charge is 0.453 e. The molecule has 0 aliphatic carbocycles. The maximum Gasteiger partial charge on any atom is 0.225 e. The van der Waals surface area contributed by atoms with Crippen LogP contribution in [-0.4, -0.2) is 28.2 Å². The number of pyridine rings is 1. The summed E-state index contributed by atoms with van der Waals surface area (Å²) in [6.07, 6.45) is 3.29. The lowest BCUT2D eigenvalue weighted by Gasteiger charge is -2.17. The Morgan fingerprint density at radius 2 is 1.97 bits per heavy atom. The molecule has 1 saturated heterocycles. The first kappa shape index (κ1) is 21.5. The Labute approximate surface area is 186 Å². The van der Waals surface area contributed by atoms with E-state index in [1.807, 2.05) is 31.2 Å². The fourth-order valence-corrected chi connectivity index (χ4v) is 3.62. The minimum absolute atomic E-state index is 0.0336. The molecule has 1 atom stereocenters. The quantitative estimate of drug-likeness (QED) is 0.612. The number of hydrogen-bond acceptors (Lipinski definition) is 4. The van der Waals surface area contributed by atoms with Crippen LogP contribution in [-0.2, 0) is 22.7 Å². The number of hydrogen-bond donors (Lipinski definition) is 1. The monoisotopic (exact) mass is 433 g/mol. The van der Waals surface area contributed by atoms with Gasteiger partial charge in [0.05, 0.1) is 12.1 Å². The number of halogens is 1. The second kappa shape index (κ2) is 9.60. The number of amides is 2. The molecule has 1 aliphatic heterocycles. The number of nitrogens with one attached hydrogen (secondary N) is 1. The first-order valence-corrected chi connectivity index (χ1v) is 10.5. The van der Waals surface area contributed by atoms with Crippen LogP contribution in [0.1, 0.15) is 23.1 Å². The second-order valence-corrected chi connectivity index (χ2v) is 7.93. The van der Waals surface area contributed by atoms with Crippen molar-refractivity contribution in [2.24, 2.45) is 5.92 Å². The molecule has 2 aromatic carbocycles. The number of rotatable bonds is 7. The van der Waals surface area contributed by atoms with Crippen LogP contribution in [0.4, 0.5) is 4.39 Å². The van der Waals surface area contributed by atoms with Crippen LogP contribution in [0.25, 0.3) is 0 Å². The Kier molecular flexibility index (Phi) is 6.44. The van der Waals surface area contributed by atoms with E-state index in [-0.39, 0.29) is 30.5 Å². The summed E-state index contributed by atoms with van der Waals surface area (Å²) in [5, 5.41) is 2.81. The number of ether oxygens (including phenoxy) is 1. The molecule has 1 N–H and O–H groups in total. The van der Waals surface area contributed by atoms with Gasteiger partial charge in [-0.3, -0.25) is 14.6 Å². The number of aromatic nitrogens is 1. The van der Waals surface area contributed by atoms with Gasteiger partial charge in [0.15, 0.2) is 11.6 Å². The molecule has 32 heavy (non-hydrogen) atoms. The summed E-state index contributed by atoms with van der Waals surface area (Å²) < 4.78 is 19.9. The van der Waals surface area contributed by atoms with Gasteiger partial charge in [-0.25, -0.2) is 4.39 Å². The highest BCUT2D eigenvalue weighted by molar-refractivity contribution is 5.89. The van der Waals surface area contributed by atoms with Crippen molar-refractivity contribution < 1.29 is 18.7 Å². The molecule has 3 aromatic rings. The zero-order valence-electron chi connectivity index (χ0n) is 17.8. The number of aryl methyl sites for hydroxylation is 1. The molecule has 0 spiro atoms. The van der Waals surface area contributed by atoms with Gasteiger partial charge in [-0.2, -0.15) is 0 Å². The Hall–Kier alpha value is -3.74. The summed E-state index contributed by atoms with van der Waals surface area (Å²) in [7, 11) is 0. The van der Waals surface area contributed by atoms with Gasteiger partial charge in [0.1, 0.15) is 5.75 Å². The second-order valence-electron chi connectivity index (χ2n) is 7.93. The summed E-state index contributed by atoms with van der Waals surface area (Å²) in [5.74, 6) is -0.656. The van der Waals surface area contributed by atoms with E-state index >= 15 is 0 Å². The summed E-state index contributed by atoms with van der Waals surface area (Å²) in [5.41, 5.74) is 2.80. The summed E-state index contributed by atoms with van der Waals surface area (Å²) in [6, 6.07) is 15.9. The van der Waals surface area contributed by atoms with Crippen molar-refractivity contribution in [2.45, 2.75) is 26.4 Å². The molecule has 7 heteroatoms. The van der Waals surface area contributed by atoms with Crippen molar-refractivity contribution in [1.82, 2.24) is 15.2 Å². The van der Waals surface area contributed by atoms with Crippen molar-refractivity contribution in [3.05, 3.63) is 89.5 Å². The van der Waals surface area contributed by atoms with Crippen LogP contribution in [0, 0.1) is 18.7 Å². The van der Waals surface area contributed by atoms with Crippen LogP contribution in [0.2, 0.25) is 0 Å². The van der Waals surface area contributed by atoms with Crippen molar-refractivity contribution in [1.29, 1.82) is 0 Å². The van der Waals surface area contributed by atoms with Gasteiger partial charge in [0, 0.05) is 32.3 Å². The third-order valence-corrected chi connectivity index (χ3v) is 5.40. The molecule has 2 amide bonds. The van der Waals surface area contributed by atoms with E-state index in [1.54, 1.807) is 29.3 Å². The fraction of sp³-hybridized carbons (Fsp3) is 0.240. The van der Waals surface area contributed by atoms with Crippen LogP contribution in [0.3, 0.4) is 0 Å². The normalized spacial score (nSPS) is 15.6. The third kappa shape index (κ3) is 5.29. The van der Waals surface area contributed by atoms with Crippen molar-refractivity contribution in [2.75, 3.05) is 6.54 Å². The lowest BCUT2D eigenvalue weighted by molar-refractivity contribution is -0.129. The predicted molar refractivity (Wildman–Crippen MR) is 117 cm³/mol. The number of benzene rings is 2. The van der Waals surface area contributed by atoms with Gasteiger partial charge in [-0.05, 0) is 42.3 Å². The predicted octanol–water partition coefficient (Wildman–Crippen LogP) is 3.99. The Morgan fingerprint density at radius 1 is 1.19 bits per heavy atom. The molecule has 1 aromatic heterocycles. The molecule has 1 fully saturated rings. The van der Waals surface area contributed by atoms with Crippen molar-refractivity contribution >= 4 is 11.8 Å². The Morgan fingerprint density at radius 3 is 2.69 bits per heavy atom. The molecular formula is C25H24FN3O3. The zero-order chi connectivity index (χ0) is 22.5. The van der Waals surface area contributed by atoms with Gasteiger partial charge in [-0.1, -0.05) is 35.9 Å². The van der Waals surface area contributed by atoms with Crippen LogP contribution >= 0.6 is 0 Å². The molecule has 0 bridgehead atoms. The molecule has 164 valence electrons. The first-order chi connectivity index (χ1) is 15.5. The molecule has 6 nitrogen and oxygen atoms in total. The molecule has 2 heterocycles. The number of likely N-dealkylation sites (tertiary alicyclic amines) is 1. The van der Waals surface area contributed by atoms with E-state index in [0.717, 1.165) is 11.1 Å². The Balaban J connectivity index is 1.30. The highest BCUT2D eigenvalue weighted by Crippen LogP contribution is 2.25. The van der Waals surface area contributed by atoms with E-state index in [4.69, 9.17) is 4.74 Å². The van der Waals surface area contributed by atoms with E-state index < -0.39 is 11.7 Å². The third-order valence-electron chi connectivity index (χ3n) is 5.40. The highest BCUT2D eigenvalue weighted by atomic mass is 19.1. The maximum absolute atomic E-state index is 14.4. The SMILES string of the molecule is Cc1ccc(CN2CC(C(=O)NCc3ccc(Oc4cccnc4)c(F)c3)CC2=O)cc1. The molecule has 0 saturated carbocycles. The first-order valence-electron chi connectivity index (χ1n) is 10.5. The van der Waals surface area contributed by atoms with E-state index in [2.05, 4.69) is 10.3 Å². The number of carbonyl (C=O) groups is 2. The van der Waals surface area contributed by atoms with Crippen LogP contribution < -0.4 is 10.1 Å². The standard InChI is InChI=1S/C25H24FN3O3/c1-17-4-6-18(7-5-17)15-29-16-20(12-24(29)30)25(31)28-13-19-8-9-23(22(26)11-19)32-21-3-2-10-27-14-21/h2-11,14,20H,12-13,15-16H2,1H3,(H,28,31). The minimum Gasteiger partial charge on any atom is -0.453 e. The average Bonchev–Trinajstić information content (AvgIpc) is 3.16. The van der Waals surface area contributed by atoms with E-state index in [9.17, 15) is 14.0 Å². The van der Waals surface area contributed by atoms with Gasteiger partial charge in [0.25, 0.3) is 0 Å². The lowest BCUT2D eigenvalue weighted by Crippen LogP contribution is -2.32. The molecule has 0 radical (unpaired) electrons. The summed E-state index contributed by atoms with van der Waals surface area (Å²) in [6.45, 7) is 3.06. The van der Waals surface area contributed by atoms with Gasteiger partial charge >= 0.3 is 0 Å². The molecule has 1 unspecified atom stereocenters. The average molecular weight is 433 g/mol. The summed E-state index contributed by atoms with van der Waals surface area (Å²) >= 11 is 0. The van der Waals surface area contributed by atoms with Crippen LogP contribution in [0.5, 0.6) is 11.5 Å². The molecular weight excluding hydrogens is 409 g/mol. The van der Waals surface area contributed by atoms with E-state index in [0.29, 0.717) is 24.4 Å². The lowest BCUT2D eigenvalue weighted by atomic mass is 10.1. The van der Waals surface area contributed by atoms with Crippen LogP contribution in [0.15, 0.2) is 67.0 Å². The minimum atomic E-state index is -0.527. The van der Waals surface area contributed by atoms with Crippen molar-refractivity contribution in [3.63, 3.8) is 0 Å². The highest BCUT2D eigenvalue weighted by Gasteiger charge is 2.34. The van der Waals surface area contributed by atoms with Gasteiger partial charge < -0.3 is 15.0 Å². The summed E-state index contributed by atoms with van der Waals surface area (Å²) in [4.78, 5) is 30.6. The van der Waals surface area contributed by atoms with Gasteiger partial charge in [-0.15, -0.1) is 0 Å². The van der Waals surface area contributed by atoms with Crippen molar-refractivity contribution in [3.8, 4) is 11.5 Å². The Bertz CT molecular complexity index is 1100. The molecule has 4 rings (SSSR count). The zero-order valence-corrected chi connectivity index (χ0v) is 17.8. The smallest absolute Gasteiger partial charge is 0.225 e. The molecule has 1 aliphatic rings. The van der Waals surface area contributed by atoms with E-state index in [1.165, 1.54) is 18.3 Å².